The molecule has 0 bridgehead atoms. The molecule has 0 saturated heterocycles. The van der Waals surface area contributed by atoms with Crippen molar-refractivity contribution in [3.05, 3.63) is 83.4 Å². The van der Waals surface area contributed by atoms with E-state index in [9.17, 15) is 4.79 Å². The van der Waals surface area contributed by atoms with Gasteiger partial charge in [-0.2, -0.15) is 0 Å². The molecule has 0 aliphatic heterocycles. The lowest BCUT2D eigenvalue weighted by Gasteiger charge is -2.25. The molecule has 3 aromatic rings. The van der Waals surface area contributed by atoms with E-state index in [1.54, 1.807) is 33.1 Å². The summed E-state index contributed by atoms with van der Waals surface area (Å²) in [6.45, 7) is 4.01. The Kier molecular flexibility index (Phi) is 6.57. The lowest BCUT2D eigenvalue weighted by Crippen LogP contribution is -2.42. The molecule has 5 heteroatoms. The monoisotopic (exact) mass is 409 g/mol. The van der Waals surface area contributed by atoms with Gasteiger partial charge in [0.25, 0.3) is 5.91 Å². The fraction of sp³-hybridized carbons (Fsp3) is 0.208. The Morgan fingerprint density at radius 1 is 0.931 bits per heavy atom. The fourth-order valence-corrected chi connectivity index (χ4v) is 3.01. The second-order valence-corrected chi connectivity index (χ2v) is 7.61. The summed E-state index contributed by atoms with van der Waals surface area (Å²) < 4.78 is 11.0. The van der Waals surface area contributed by atoms with Gasteiger partial charge in [0.05, 0.1) is 11.6 Å². The van der Waals surface area contributed by atoms with Crippen molar-refractivity contribution < 1.29 is 14.3 Å². The van der Waals surface area contributed by atoms with Crippen molar-refractivity contribution in [3.8, 4) is 16.9 Å². The Morgan fingerprint density at radius 3 is 2.10 bits per heavy atom. The van der Waals surface area contributed by atoms with Crippen LogP contribution in [0.4, 0.5) is 5.69 Å². The summed E-state index contributed by atoms with van der Waals surface area (Å²) in [5.41, 5.74) is 2.91. The highest BCUT2D eigenvalue weighted by molar-refractivity contribution is 6.32. The molecule has 0 heterocycles. The summed E-state index contributed by atoms with van der Waals surface area (Å²) in [4.78, 5) is 12.7. The number of benzene rings is 3. The molecule has 1 N–H and O–H groups in total. The fourth-order valence-electron chi connectivity index (χ4n) is 2.84. The Labute approximate surface area is 176 Å². The van der Waals surface area contributed by atoms with Gasteiger partial charge in [0.1, 0.15) is 5.75 Å². The van der Waals surface area contributed by atoms with Crippen LogP contribution in [0.2, 0.25) is 5.02 Å². The highest BCUT2D eigenvalue weighted by atomic mass is 35.5. The van der Waals surface area contributed by atoms with Crippen molar-refractivity contribution in [1.29, 1.82) is 0 Å². The highest BCUT2D eigenvalue weighted by Crippen LogP contribution is 2.28. The number of carbonyl (C=O) groups is 1. The number of carbonyl (C=O) groups excluding carboxylic acids is 1. The van der Waals surface area contributed by atoms with Gasteiger partial charge >= 0.3 is 0 Å². The van der Waals surface area contributed by atoms with Crippen LogP contribution in [0.1, 0.15) is 19.4 Å². The van der Waals surface area contributed by atoms with Crippen molar-refractivity contribution >= 4 is 23.2 Å². The molecule has 0 radical (unpaired) electrons. The second kappa shape index (κ2) is 9.12. The van der Waals surface area contributed by atoms with Gasteiger partial charge in [-0.05, 0) is 54.8 Å². The van der Waals surface area contributed by atoms with E-state index >= 15 is 0 Å². The maximum atomic E-state index is 12.7. The molecule has 150 valence electrons. The van der Waals surface area contributed by atoms with Crippen molar-refractivity contribution in [2.24, 2.45) is 0 Å². The van der Waals surface area contributed by atoms with Crippen LogP contribution in [-0.2, 0) is 16.1 Å². The quantitative estimate of drug-likeness (QED) is 0.524. The Hall–Kier alpha value is -2.82. The third-order valence-electron chi connectivity index (χ3n) is 4.49. The molecule has 0 fully saturated rings. The first-order chi connectivity index (χ1) is 13.9. The van der Waals surface area contributed by atoms with E-state index < -0.39 is 5.60 Å². The second-order valence-electron chi connectivity index (χ2n) is 7.20. The Morgan fingerprint density at radius 2 is 1.52 bits per heavy atom. The van der Waals surface area contributed by atoms with Crippen LogP contribution in [0.5, 0.6) is 5.75 Å². The van der Waals surface area contributed by atoms with Crippen LogP contribution >= 0.6 is 11.6 Å². The molecular weight excluding hydrogens is 386 g/mol. The molecule has 3 aromatic carbocycles. The number of para-hydroxylation sites is 1. The van der Waals surface area contributed by atoms with E-state index in [2.05, 4.69) is 17.4 Å². The van der Waals surface area contributed by atoms with Crippen LogP contribution in [0, 0.1) is 0 Å². The minimum atomic E-state index is -1.08. The highest BCUT2D eigenvalue weighted by Gasteiger charge is 2.30. The van der Waals surface area contributed by atoms with Crippen molar-refractivity contribution in [2.45, 2.75) is 26.1 Å². The van der Waals surface area contributed by atoms with Gasteiger partial charge in [0, 0.05) is 12.8 Å². The topological polar surface area (TPSA) is 47.6 Å². The molecule has 3 rings (SSSR count). The zero-order chi connectivity index (χ0) is 20.9. The van der Waals surface area contributed by atoms with Crippen molar-refractivity contribution in [2.75, 3.05) is 12.4 Å². The zero-order valence-electron chi connectivity index (χ0n) is 16.7. The van der Waals surface area contributed by atoms with Crippen LogP contribution in [0.15, 0.2) is 72.8 Å². The molecule has 1 amide bonds. The third kappa shape index (κ3) is 5.37. The number of halogens is 1. The van der Waals surface area contributed by atoms with Gasteiger partial charge in [-0.25, -0.2) is 0 Å². The number of hydrogen-bond acceptors (Lipinski definition) is 3. The molecule has 0 aliphatic rings. The predicted octanol–water partition coefficient (Wildman–Crippen LogP) is 5.95. The summed E-state index contributed by atoms with van der Waals surface area (Å²) in [5, 5.41) is 3.37. The first-order valence-electron chi connectivity index (χ1n) is 9.32. The molecule has 0 aliphatic carbocycles. The van der Waals surface area contributed by atoms with E-state index in [-0.39, 0.29) is 5.91 Å². The number of rotatable bonds is 7. The number of ether oxygens (including phenoxy) is 2. The number of amides is 1. The standard InChI is InChI=1S/C24H24ClNO3/c1-24(2,29-22-7-5-4-6-21(22)25)23(27)26-20-14-12-19(13-15-20)18-10-8-17(9-11-18)16-28-3/h4-15H,16H2,1-3H3,(H,26,27). The summed E-state index contributed by atoms with van der Waals surface area (Å²) >= 11 is 6.13. The molecule has 4 nitrogen and oxygen atoms in total. The minimum absolute atomic E-state index is 0.255. The number of methoxy groups -OCH3 is 1. The first kappa shape index (κ1) is 20.9. The van der Waals surface area contributed by atoms with E-state index in [1.165, 1.54) is 0 Å². The van der Waals surface area contributed by atoms with E-state index in [0.717, 1.165) is 16.7 Å². The summed E-state index contributed by atoms with van der Waals surface area (Å²) in [7, 11) is 1.68. The van der Waals surface area contributed by atoms with Crippen LogP contribution < -0.4 is 10.1 Å². The van der Waals surface area contributed by atoms with Crippen LogP contribution in [0.25, 0.3) is 11.1 Å². The summed E-state index contributed by atoms with van der Waals surface area (Å²) in [6, 6.07) is 23.0. The van der Waals surface area contributed by atoms with Gasteiger partial charge in [0.15, 0.2) is 5.60 Å². The molecule has 0 unspecified atom stereocenters. The largest absolute Gasteiger partial charge is 0.476 e. The smallest absolute Gasteiger partial charge is 0.267 e. The van der Waals surface area contributed by atoms with E-state index in [0.29, 0.717) is 23.1 Å². The van der Waals surface area contributed by atoms with Gasteiger partial charge in [-0.15, -0.1) is 0 Å². The minimum Gasteiger partial charge on any atom is -0.476 e. The number of anilines is 1. The molecule has 0 spiro atoms. The lowest BCUT2D eigenvalue weighted by atomic mass is 10.0. The lowest BCUT2D eigenvalue weighted by molar-refractivity contribution is -0.128. The molecular formula is C24H24ClNO3. The molecule has 0 atom stereocenters. The van der Waals surface area contributed by atoms with E-state index in [1.807, 2.05) is 48.5 Å². The number of hydrogen-bond donors (Lipinski definition) is 1. The van der Waals surface area contributed by atoms with Gasteiger partial charge in [0.2, 0.25) is 0 Å². The first-order valence-corrected chi connectivity index (χ1v) is 9.70. The van der Waals surface area contributed by atoms with Gasteiger partial charge in [-0.1, -0.05) is 60.1 Å². The Bertz CT molecular complexity index is 966. The SMILES string of the molecule is COCc1ccc(-c2ccc(NC(=O)C(C)(C)Oc3ccccc3Cl)cc2)cc1. The normalized spacial score (nSPS) is 11.2. The van der Waals surface area contributed by atoms with Crippen LogP contribution in [-0.4, -0.2) is 18.6 Å². The number of nitrogens with one attached hydrogen (secondary N) is 1. The van der Waals surface area contributed by atoms with Crippen LogP contribution in [0.3, 0.4) is 0 Å². The zero-order valence-corrected chi connectivity index (χ0v) is 17.5. The van der Waals surface area contributed by atoms with Crippen molar-refractivity contribution in [1.82, 2.24) is 0 Å². The molecule has 29 heavy (non-hydrogen) atoms. The molecule has 0 aromatic heterocycles. The maximum absolute atomic E-state index is 12.7. The van der Waals surface area contributed by atoms with Gasteiger partial charge in [-0.3, -0.25) is 4.79 Å². The summed E-state index contributed by atoms with van der Waals surface area (Å²) in [5.74, 6) is 0.218. The molecule has 0 saturated carbocycles. The average Bonchev–Trinajstić information content (AvgIpc) is 2.71. The summed E-state index contributed by atoms with van der Waals surface area (Å²) in [6.07, 6.45) is 0. The maximum Gasteiger partial charge on any atom is 0.267 e. The van der Waals surface area contributed by atoms with Gasteiger partial charge < -0.3 is 14.8 Å². The average molecular weight is 410 g/mol. The Balaban J connectivity index is 1.67. The third-order valence-corrected chi connectivity index (χ3v) is 4.80. The van der Waals surface area contributed by atoms with E-state index in [4.69, 9.17) is 21.1 Å². The predicted molar refractivity (Wildman–Crippen MR) is 117 cm³/mol. The van der Waals surface area contributed by atoms with Crippen molar-refractivity contribution in [3.63, 3.8) is 0 Å².